The molecule has 2 heterocycles. The van der Waals surface area contributed by atoms with E-state index in [0.29, 0.717) is 27.6 Å². The molecule has 0 bridgehead atoms. The molecule has 6 heteroatoms. The van der Waals surface area contributed by atoms with E-state index in [9.17, 15) is 4.79 Å². The summed E-state index contributed by atoms with van der Waals surface area (Å²) in [6, 6.07) is 19.6. The number of rotatable bonds is 5. The van der Waals surface area contributed by atoms with Gasteiger partial charge in [-0.25, -0.2) is 9.38 Å². The molecule has 0 aliphatic rings. The number of nitrogens with zero attached hydrogens (tertiary/aromatic N) is 2. The fraction of sp³-hybridized carbons (Fsp3) is 0.154. The lowest BCUT2D eigenvalue weighted by Gasteiger charge is -2.13. The Morgan fingerprint density at radius 1 is 1.03 bits per heavy atom. The molecule has 0 unspecified atom stereocenters. The highest BCUT2D eigenvalue weighted by Gasteiger charge is 2.15. The molecule has 2 aromatic heterocycles. The van der Waals surface area contributed by atoms with E-state index >= 15 is 0 Å². The van der Waals surface area contributed by atoms with Gasteiger partial charge in [0.25, 0.3) is 5.56 Å². The zero-order valence-electron chi connectivity index (χ0n) is 18.1. The molecule has 0 spiro atoms. The van der Waals surface area contributed by atoms with Crippen LogP contribution in [-0.4, -0.2) is 16.5 Å². The van der Waals surface area contributed by atoms with Crippen LogP contribution in [0.4, 0.5) is 0 Å². The van der Waals surface area contributed by atoms with Crippen LogP contribution in [0.25, 0.3) is 22.1 Å². The molecule has 5 aromatic rings. The van der Waals surface area contributed by atoms with Gasteiger partial charge in [0.1, 0.15) is 6.61 Å². The molecule has 0 atom stereocenters. The minimum Gasteiger partial charge on any atom is -0.493 e. The molecule has 32 heavy (non-hydrogen) atoms. The molecule has 5 rings (SSSR count). The number of ether oxygens (including phenoxy) is 2. The van der Waals surface area contributed by atoms with Crippen molar-refractivity contribution in [2.75, 3.05) is 7.11 Å². The van der Waals surface area contributed by atoms with Gasteiger partial charge in [-0.05, 0) is 48.7 Å². The number of thiazole rings is 1. The molecule has 0 aliphatic carbocycles. The summed E-state index contributed by atoms with van der Waals surface area (Å²) in [5, 5.41) is 0. The van der Waals surface area contributed by atoms with E-state index in [-0.39, 0.29) is 5.56 Å². The van der Waals surface area contributed by atoms with Gasteiger partial charge in [-0.15, -0.1) is 0 Å². The van der Waals surface area contributed by atoms with E-state index in [1.165, 1.54) is 16.9 Å². The van der Waals surface area contributed by atoms with Crippen molar-refractivity contribution < 1.29 is 9.47 Å². The Bertz CT molecular complexity index is 1550. The van der Waals surface area contributed by atoms with Crippen molar-refractivity contribution >= 4 is 33.4 Å². The number of hydrogen-bond donors (Lipinski definition) is 0. The average molecular weight is 443 g/mol. The van der Waals surface area contributed by atoms with Gasteiger partial charge in [0.05, 0.1) is 22.7 Å². The predicted octanol–water partition coefficient (Wildman–Crippen LogP) is 4.66. The van der Waals surface area contributed by atoms with E-state index in [4.69, 9.17) is 14.5 Å². The normalized spacial score (nSPS) is 12.0. The van der Waals surface area contributed by atoms with Crippen molar-refractivity contribution in [2.45, 2.75) is 20.5 Å². The Hall–Kier alpha value is -3.64. The van der Waals surface area contributed by atoms with Crippen LogP contribution >= 0.6 is 11.3 Å². The second-order valence-electron chi connectivity index (χ2n) is 7.67. The first-order valence-corrected chi connectivity index (χ1v) is 11.1. The molecule has 160 valence electrons. The molecule has 0 saturated carbocycles. The van der Waals surface area contributed by atoms with Crippen LogP contribution in [0.1, 0.15) is 22.3 Å². The maximum absolute atomic E-state index is 13.3. The number of fused-ring (bicyclic) bond motifs is 3. The van der Waals surface area contributed by atoms with E-state index in [2.05, 4.69) is 6.92 Å². The van der Waals surface area contributed by atoms with E-state index in [1.54, 1.807) is 11.5 Å². The molecule has 0 N–H and O–H groups in total. The third-order valence-electron chi connectivity index (χ3n) is 5.68. The summed E-state index contributed by atoms with van der Waals surface area (Å²) in [6.45, 7) is 4.50. The minimum atomic E-state index is -0.0763. The van der Waals surface area contributed by atoms with Gasteiger partial charge in [0, 0.05) is 5.56 Å². The summed E-state index contributed by atoms with van der Waals surface area (Å²) >= 11 is 1.38. The van der Waals surface area contributed by atoms with Crippen LogP contribution in [-0.2, 0) is 6.61 Å². The van der Waals surface area contributed by atoms with Gasteiger partial charge in [-0.1, -0.05) is 59.9 Å². The zero-order valence-corrected chi connectivity index (χ0v) is 18.9. The highest BCUT2D eigenvalue weighted by atomic mass is 32.1. The predicted molar refractivity (Wildman–Crippen MR) is 129 cm³/mol. The smallest absolute Gasteiger partial charge is 0.274 e. The van der Waals surface area contributed by atoms with Gasteiger partial charge < -0.3 is 9.47 Å². The maximum Gasteiger partial charge on any atom is 0.274 e. The first-order chi connectivity index (χ1) is 15.6. The van der Waals surface area contributed by atoms with Gasteiger partial charge in [-0.2, -0.15) is 0 Å². The fourth-order valence-electron chi connectivity index (χ4n) is 3.80. The molecule has 5 nitrogen and oxygen atoms in total. The van der Waals surface area contributed by atoms with Crippen molar-refractivity contribution in [3.63, 3.8) is 0 Å². The maximum atomic E-state index is 13.3. The Kier molecular flexibility index (Phi) is 5.15. The van der Waals surface area contributed by atoms with Gasteiger partial charge in [0.15, 0.2) is 16.5 Å². The largest absolute Gasteiger partial charge is 0.493 e. The number of methoxy groups -OCH3 is 1. The summed E-state index contributed by atoms with van der Waals surface area (Å²) in [5.41, 5.74) is 5.77. The first-order valence-electron chi connectivity index (χ1n) is 10.3. The summed E-state index contributed by atoms with van der Waals surface area (Å²) in [7, 11) is 1.61. The van der Waals surface area contributed by atoms with Crippen LogP contribution in [0.15, 0.2) is 65.5 Å². The summed E-state index contributed by atoms with van der Waals surface area (Å²) < 4.78 is 14.0. The number of benzene rings is 3. The molecule has 0 fully saturated rings. The van der Waals surface area contributed by atoms with Crippen LogP contribution in [0.5, 0.6) is 11.5 Å². The topological polar surface area (TPSA) is 52.8 Å². The minimum absolute atomic E-state index is 0.0763. The van der Waals surface area contributed by atoms with Gasteiger partial charge in [0.2, 0.25) is 0 Å². The third-order valence-corrected chi connectivity index (χ3v) is 6.65. The average Bonchev–Trinajstić information content (AvgIpc) is 3.32. The van der Waals surface area contributed by atoms with Crippen LogP contribution < -0.4 is 19.6 Å². The lowest BCUT2D eigenvalue weighted by atomic mass is 10.1. The molecular formula is C26H22N2O3S. The Morgan fingerprint density at radius 3 is 2.62 bits per heavy atom. The number of hydrogen-bond acceptors (Lipinski definition) is 5. The molecule has 3 aromatic carbocycles. The van der Waals surface area contributed by atoms with Gasteiger partial charge >= 0.3 is 0 Å². The van der Waals surface area contributed by atoms with Crippen LogP contribution in [0.3, 0.4) is 0 Å². The SMILES string of the molecule is COc1cccc(/C=c2\sc3nc4c(C)c(C)ccc4n3c2=O)c1OCc1ccccc1. The van der Waals surface area contributed by atoms with Gasteiger partial charge in [-0.3, -0.25) is 4.79 Å². The lowest BCUT2D eigenvalue weighted by molar-refractivity contribution is 0.284. The van der Waals surface area contributed by atoms with Crippen molar-refractivity contribution in [3.05, 3.63) is 97.8 Å². The Balaban J connectivity index is 1.62. The van der Waals surface area contributed by atoms with E-state index in [0.717, 1.165) is 27.7 Å². The number of para-hydroxylation sites is 1. The second-order valence-corrected chi connectivity index (χ2v) is 8.68. The lowest BCUT2D eigenvalue weighted by Crippen LogP contribution is -2.22. The zero-order chi connectivity index (χ0) is 22.2. The number of aryl methyl sites for hydroxylation is 2. The molecule has 0 aliphatic heterocycles. The highest BCUT2D eigenvalue weighted by Crippen LogP contribution is 2.32. The molecular weight excluding hydrogens is 420 g/mol. The van der Waals surface area contributed by atoms with E-state index < -0.39 is 0 Å². The van der Waals surface area contributed by atoms with Crippen LogP contribution in [0.2, 0.25) is 0 Å². The summed E-state index contributed by atoms with van der Waals surface area (Å²) in [6.07, 6.45) is 1.86. The number of imidazole rings is 1. The van der Waals surface area contributed by atoms with E-state index in [1.807, 2.05) is 73.7 Å². The van der Waals surface area contributed by atoms with Crippen molar-refractivity contribution in [1.82, 2.24) is 9.38 Å². The van der Waals surface area contributed by atoms with Crippen molar-refractivity contribution in [3.8, 4) is 11.5 Å². The quantitative estimate of drug-likeness (QED) is 0.397. The first kappa shape index (κ1) is 20.3. The Labute approximate surface area is 189 Å². The van der Waals surface area contributed by atoms with Crippen LogP contribution in [0, 0.1) is 13.8 Å². The third kappa shape index (κ3) is 3.42. The second kappa shape index (κ2) is 8.13. The Morgan fingerprint density at radius 2 is 1.84 bits per heavy atom. The van der Waals surface area contributed by atoms with Crippen molar-refractivity contribution in [2.24, 2.45) is 0 Å². The summed E-state index contributed by atoms with van der Waals surface area (Å²) in [4.78, 5) is 18.7. The number of aromatic nitrogens is 2. The standard InChI is InChI=1S/C26H22N2O3S/c1-16-12-13-20-23(17(16)2)27-26-28(20)25(29)22(32-26)14-19-10-7-11-21(30-3)24(19)31-15-18-8-5-4-6-9-18/h4-14H,15H2,1-3H3/b22-14-. The monoisotopic (exact) mass is 442 g/mol. The summed E-state index contributed by atoms with van der Waals surface area (Å²) in [5.74, 6) is 1.24. The van der Waals surface area contributed by atoms with Crippen molar-refractivity contribution in [1.29, 1.82) is 0 Å². The molecule has 0 saturated heterocycles. The fourth-order valence-corrected chi connectivity index (χ4v) is 4.77. The molecule has 0 amide bonds. The molecule has 0 radical (unpaired) electrons. The highest BCUT2D eigenvalue weighted by molar-refractivity contribution is 7.15.